The lowest BCUT2D eigenvalue weighted by atomic mass is 9.98. The van der Waals surface area contributed by atoms with Crippen LogP contribution in [0.5, 0.6) is 0 Å². The molecule has 6 unspecified atom stereocenters. The minimum Gasteiger partial charge on any atom is -0.479 e. The van der Waals surface area contributed by atoms with Crippen molar-refractivity contribution < 1.29 is 58.2 Å². The molecule has 81 heavy (non-hydrogen) atoms. The second kappa shape index (κ2) is 57.6. The van der Waals surface area contributed by atoms with E-state index in [1.165, 1.54) is 212 Å². The van der Waals surface area contributed by atoms with E-state index in [0.717, 1.165) is 70.6 Å². The molecule has 0 radical (unpaired) electrons. The maximum absolute atomic E-state index is 13.2. The molecule has 3 N–H and O–H groups in total. The van der Waals surface area contributed by atoms with Crippen molar-refractivity contribution in [3.05, 3.63) is 24.3 Å². The summed E-state index contributed by atoms with van der Waals surface area (Å²) in [6.45, 7) is 6.05. The number of carbonyl (C=O) groups is 4. The molecule has 0 aromatic rings. The number of aliphatic carboxylic acids is 1. The number of esters is 3. The van der Waals surface area contributed by atoms with E-state index in [1.54, 1.807) is 0 Å². The standard InChI is InChI=1S/C69H126O12/c1-4-7-10-13-16-19-22-25-28-30-31-33-35-37-40-43-46-49-52-55-61(70)77-58-60(79-62(71)56-53-50-47-44-41-38-34-27-24-21-18-15-12-9-6-3)59-78-69-67(65(74)64(73)66(81-69)68(75)76)80-63(72)57-54-51-48-45-42-39-36-32-29-26-23-20-17-14-11-8-5-2/h25-26,28-29,60,64-67,69,73-74H,4-24,27,30-59H2,1-3H3,(H,75,76)/b28-25-,29-26-. The van der Waals surface area contributed by atoms with Gasteiger partial charge in [0.15, 0.2) is 24.6 Å². The Balaban J connectivity index is 2.62. The Morgan fingerprint density at radius 1 is 0.395 bits per heavy atom. The minimum atomic E-state index is -1.90. The smallest absolute Gasteiger partial charge is 0.335 e. The van der Waals surface area contributed by atoms with E-state index in [2.05, 4.69) is 45.1 Å². The van der Waals surface area contributed by atoms with Gasteiger partial charge in [-0.15, -0.1) is 0 Å². The minimum absolute atomic E-state index is 0.0605. The highest BCUT2D eigenvalue weighted by Gasteiger charge is 2.50. The fourth-order valence-corrected chi connectivity index (χ4v) is 10.7. The maximum atomic E-state index is 13.2. The van der Waals surface area contributed by atoms with Gasteiger partial charge in [0.25, 0.3) is 0 Å². The molecule has 1 saturated heterocycles. The highest BCUT2D eigenvalue weighted by Crippen LogP contribution is 2.27. The second-order valence-corrected chi connectivity index (χ2v) is 23.8. The topological polar surface area (TPSA) is 175 Å². The summed E-state index contributed by atoms with van der Waals surface area (Å²) in [5.74, 6) is -3.08. The summed E-state index contributed by atoms with van der Waals surface area (Å²) < 4.78 is 28.6. The van der Waals surface area contributed by atoms with Crippen molar-refractivity contribution in [2.24, 2.45) is 0 Å². The fourth-order valence-electron chi connectivity index (χ4n) is 10.7. The lowest BCUT2D eigenvalue weighted by Gasteiger charge is -2.40. The zero-order valence-corrected chi connectivity index (χ0v) is 52.6. The Kier molecular flexibility index (Phi) is 54.2. The molecule has 0 aliphatic carbocycles. The molecule has 1 aliphatic heterocycles. The Bertz CT molecular complexity index is 1500. The van der Waals surface area contributed by atoms with Crippen molar-refractivity contribution in [1.29, 1.82) is 0 Å². The van der Waals surface area contributed by atoms with Crippen molar-refractivity contribution in [1.82, 2.24) is 0 Å². The number of rotatable bonds is 60. The van der Waals surface area contributed by atoms with Crippen molar-refractivity contribution in [3.63, 3.8) is 0 Å². The van der Waals surface area contributed by atoms with Crippen LogP contribution < -0.4 is 0 Å². The third-order valence-electron chi connectivity index (χ3n) is 16.0. The molecule has 1 aliphatic rings. The SMILES string of the molecule is CCCCCCCC/C=C\CCCCCCCCCCCC(=O)OCC(COC1OC(C(=O)O)C(O)C(O)C1OC(=O)CCCCCCCCC/C=C\CCCCCCCC)OC(=O)CCCCCCCCCCCCCCCCC. The van der Waals surface area contributed by atoms with Crippen LogP contribution in [-0.2, 0) is 42.9 Å². The van der Waals surface area contributed by atoms with Crippen LogP contribution in [0.15, 0.2) is 24.3 Å². The summed E-state index contributed by atoms with van der Waals surface area (Å²) in [5.41, 5.74) is 0. The predicted octanol–water partition coefficient (Wildman–Crippen LogP) is 18.6. The van der Waals surface area contributed by atoms with Crippen LogP contribution in [0.1, 0.15) is 342 Å². The largest absolute Gasteiger partial charge is 0.479 e. The van der Waals surface area contributed by atoms with E-state index in [4.69, 9.17) is 23.7 Å². The summed E-state index contributed by atoms with van der Waals surface area (Å²) in [6, 6.07) is 0. The molecule has 1 fully saturated rings. The molecule has 0 aromatic heterocycles. The van der Waals surface area contributed by atoms with Crippen LogP contribution in [0.4, 0.5) is 0 Å². The first kappa shape index (κ1) is 76.2. The number of carbonyl (C=O) groups excluding carboxylic acids is 3. The Morgan fingerprint density at radius 3 is 1.05 bits per heavy atom. The summed E-state index contributed by atoms with van der Waals surface area (Å²) in [5, 5.41) is 31.6. The highest BCUT2D eigenvalue weighted by molar-refractivity contribution is 5.74. The Hall–Kier alpha value is -2.80. The van der Waals surface area contributed by atoms with Crippen LogP contribution in [0.3, 0.4) is 0 Å². The number of hydrogen-bond donors (Lipinski definition) is 3. The van der Waals surface area contributed by atoms with Crippen molar-refractivity contribution in [2.45, 2.75) is 379 Å². The number of unbranched alkanes of at least 4 members (excludes halogenated alkanes) is 42. The van der Waals surface area contributed by atoms with Gasteiger partial charge in [-0.05, 0) is 70.6 Å². The van der Waals surface area contributed by atoms with Crippen LogP contribution in [0.2, 0.25) is 0 Å². The first-order chi connectivity index (χ1) is 39.6. The van der Waals surface area contributed by atoms with Crippen LogP contribution in [0, 0.1) is 0 Å². The molecule has 1 heterocycles. The van der Waals surface area contributed by atoms with E-state index < -0.39 is 67.3 Å². The third-order valence-corrected chi connectivity index (χ3v) is 16.0. The zero-order chi connectivity index (χ0) is 58.9. The van der Waals surface area contributed by atoms with Gasteiger partial charge in [0.1, 0.15) is 18.8 Å². The molecule has 0 bridgehead atoms. The van der Waals surface area contributed by atoms with Crippen LogP contribution in [0.25, 0.3) is 0 Å². The summed E-state index contributed by atoms with van der Waals surface area (Å²) in [4.78, 5) is 51.4. The van der Waals surface area contributed by atoms with Crippen molar-refractivity contribution >= 4 is 23.9 Å². The molecule has 6 atom stereocenters. The molecule has 0 aromatic carbocycles. The van der Waals surface area contributed by atoms with Gasteiger partial charge in [0.05, 0.1) is 6.61 Å². The molecule has 0 amide bonds. The van der Waals surface area contributed by atoms with E-state index in [0.29, 0.717) is 19.3 Å². The van der Waals surface area contributed by atoms with Gasteiger partial charge in [0, 0.05) is 19.3 Å². The number of carboxylic acids is 1. The average molecular weight is 1150 g/mol. The van der Waals surface area contributed by atoms with Gasteiger partial charge in [0.2, 0.25) is 0 Å². The van der Waals surface area contributed by atoms with Gasteiger partial charge >= 0.3 is 23.9 Å². The molecule has 0 saturated carbocycles. The first-order valence-corrected chi connectivity index (χ1v) is 34.3. The fraction of sp³-hybridized carbons (Fsp3) is 0.884. The third kappa shape index (κ3) is 47.2. The highest BCUT2D eigenvalue weighted by atomic mass is 16.7. The molecule has 0 spiro atoms. The molecular formula is C69H126O12. The number of allylic oxidation sites excluding steroid dienone is 4. The van der Waals surface area contributed by atoms with Gasteiger partial charge < -0.3 is 39.0 Å². The monoisotopic (exact) mass is 1150 g/mol. The lowest BCUT2D eigenvalue weighted by Crippen LogP contribution is -2.61. The Morgan fingerprint density at radius 2 is 0.704 bits per heavy atom. The van der Waals surface area contributed by atoms with Crippen LogP contribution in [-0.4, -0.2) is 89.2 Å². The number of aliphatic hydroxyl groups is 2. The van der Waals surface area contributed by atoms with Gasteiger partial charge in [-0.1, -0.05) is 276 Å². The zero-order valence-electron chi connectivity index (χ0n) is 52.6. The maximum Gasteiger partial charge on any atom is 0.335 e. The number of aliphatic hydroxyl groups excluding tert-OH is 2. The quantitative estimate of drug-likeness (QED) is 0.0228. The first-order valence-electron chi connectivity index (χ1n) is 34.3. The molecule has 474 valence electrons. The van der Waals surface area contributed by atoms with E-state index in [1.807, 2.05) is 0 Å². The molecular weight excluding hydrogens is 1020 g/mol. The number of ether oxygens (including phenoxy) is 5. The molecule has 12 heteroatoms. The summed E-state index contributed by atoms with van der Waals surface area (Å²) in [6.07, 6.45) is 55.6. The lowest BCUT2D eigenvalue weighted by molar-refractivity contribution is -0.301. The molecule has 12 nitrogen and oxygen atoms in total. The predicted molar refractivity (Wildman–Crippen MR) is 331 cm³/mol. The normalized spacial score (nSPS) is 17.8. The van der Waals surface area contributed by atoms with Gasteiger partial charge in [-0.3, -0.25) is 14.4 Å². The second-order valence-electron chi connectivity index (χ2n) is 23.8. The Labute approximate surface area is 496 Å². The number of carboxylic acid groups (broad SMARTS) is 1. The van der Waals surface area contributed by atoms with Gasteiger partial charge in [-0.2, -0.15) is 0 Å². The summed E-state index contributed by atoms with van der Waals surface area (Å²) >= 11 is 0. The van der Waals surface area contributed by atoms with Gasteiger partial charge in [-0.25, -0.2) is 4.79 Å². The molecule has 1 rings (SSSR count). The van der Waals surface area contributed by atoms with E-state index in [9.17, 15) is 34.5 Å². The van der Waals surface area contributed by atoms with E-state index in [-0.39, 0.29) is 25.9 Å². The van der Waals surface area contributed by atoms with Crippen molar-refractivity contribution in [2.75, 3.05) is 13.2 Å². The number of hydrogen-bond acceptors (Lipinski definition) is 11. The van der Waals surface area contributed by atoms with Crippen molar-refractivity contribution in [3.8, 4) is 0 Å². The average Bonchev–Trinajstić information content (AvgIpc) is 3.53. The summed E-state index contributed by atoms with van der Waals surface area (Å²) in [7, 11) is 0. The van der Waals surface area contributed by atoms with E-state index >= 15 is 0 Å². The van der Waals surface area contributed by atoms with Crippen LogP contribution >= 0.6 is 0 Å².